The zero-order chi connectivity index (χ0) is 25.2. The molecule has 0 saturated carbocycles. The van der Waals surface area contributed by atoms with Gasteiger partial charge in [-0.25, -0.2) is 14.6 Å². The van der Waals surface area contributed by atoms with Gasteiger partial charge in [0.05, 0.1) is 23.5 Å². The number of benzene rings is 3. The minimum atomic E-state index is -0.172. The van der Waals surface area contributed by atoms with Crippen LogP contribution >= 0.6 is 0 Å². The summed E-state index contributed by atoms with van der Waals surface area (Å²) in [5.41, 5.74) is 6.77. The summed E-state index contributed by atoms with van der Waals surface area (Å²) in [7, 11) is 0. The molecule has 2 aromatic heterocycles. The molecule has 0 fully saturated rings. The molecule has 6 rings (SSSR count). The van der Waals surface area contributed by atoms with Crippen molar-refractivity contribution in [1.29, 1.82) is 0 Å². The van der Waals surface area contributed by atoms with Gasteiger partial charge in [0, 0.05) is 35.5 Å². The van der Waals surface area contributed by atoms with Crippen molar-refractivity contribution in [3.8, 4) is 33.8 Å². The van der Waals surface area contributed by atoms with Crippen LogP contribution in [0.5, 0.6) is 5.75 Å². The summed E-state index contributed by atoms with van der Waals surface area (Å²) >= 11 is 0. The summed E-state index contributed by atoms with van der Waals surface area (Å²) in [5.74, 6) is 0.657. The molecule has 1 amide bonds. The molecule has 0 bridgehead atoms. The fraction of sp³-hybridized carbons (Fsp3) is 0.133. The topological polar surface area (TPSA) is 81.9 Å². The van der Waals surface area contributed by atoms with Crippen LogP contribution in [-0.4, -0.2) is 38.3 Å². The van der Waals surface area contributed by atoms with Crippen LogP contribution in [0.15, 0.2) is 97.6 Å². The normalized spacial score (nSPS) is 14.1. The van der Waals surface area contributed by atoms with E-state index in [1.54, 1.807) is 12.4 Å². The second-order valence-electron chi connectivity index (χ2n) is 9.00. The first-order valence-corrected chi connectivity index (χ1v) is 12.2. The number of nitrogens with zero attached hydrogens (tertiary/aromatic N) is 4. The van der Waals surface area contributed by atoms with Gasteiger partial charge in [-0.05, 0) is 24.6 Å². The third-order valence-corrected chi connectivity index (χ3v) is 6.58. The van der Waals surface area contributed by atoms with E-state index < -0.39 is 0 Å². The standard InChI is InChI=1S/C30H25N5O2/c1-20-27(28(21-9-4-2-5-10-21)34-35(20)24-12-6-3-7-13-24)30(36)33-18-25-15-22-11-8-14-26(29(22)37-25)23-16-31-19-32-17-23/h2-14,16-17,19,25H,15,18H2,1H3,(H,33,36). The van der Waals surface area contributed by atoms with Gasteiger partial charge in [0.25, 0.3) is 5.91 Å². The van der Waals surface area contributed by atoms with Gasteiger partial charge in [0.1, 0.15) is 23.9 Å². The zero-order valence-electron chi connectivity index (χ0n) is 20.3. The van der Waals surface area contributed by atoms with Crippen LogP contribution < -0.4 is 10.1 Å². The van der Waals surface area contributed by atoms with E-state index in [4.69, 9.17) is 9.84 Å². The largest absolute Gasteiger partial charge is 0.487 e. The number of fused-ring (bicyclic) bond motifs is 1. The molecule has 5 aromatic rings. The fourth-order valence-corrected chi connectivity index (χ4v) is 4.81. The summed E-state index contributed by atoms with van der Waals surface area (Å²) in [6, 6.07) is 25.7. The molecule has 3 heterocycles. The maximum Gasteiger partial charge on any atom is 0.255 e. The number of rotatable bonds is 6. The maximum atomic E-state index is 13.6. The third kappa shape index (κ3) is 4.36. The lowest BCUT2D eigenvalue weighted by atomic mass is 10.0. The number of ether oxygens (including phenoxy) is 1. The third-order valence-electron chi connectivity index (χ3n) is 6.58. The van der Waals surface area contributed by atoms with Crippen molar-refractivity contribution in [3.63, 3.8) is 0 Å². The highest BCUT2D eigenvalue weighted by Crippen LogP contribution is 2.38. The van der Waals surface area contributed by atoms with E-state index in [9.17, 15) is 4.79 Å². The van der Waals surface area contributed by atoms with Crippen molar-refractivity contribution in [2.75, 3.05) is 6.54 Å². The van der Waals surface area contributed by atoms with Gasteiger partial charge in [-0.15, -0.1) is 0 Å². The van der Waals surface area contributed by atoms with E-state index in [1.165, 1.54) is 6.33 Å². The molecular formula is C30H25N5O2. The van der Waals surface area contributed by atoms with Gasteiger partial charge >= 0.3 is 0 Å². The Bertz CT molecular complexity index is 1550. The van der Waals surface area contributed by atoms with Gasteiger partial charge in [-0.1, -0.05) is 66.7 Å². The van der Waals surface area contributed by atoms with Crippen molar-refractivity contribution in [3.05, 3.63) is 114 Å². The van der Waals surface area contributed by atoms with Crippen LogP contribution in [0.1, 0.15) is 21.6 Å². The Hall–Kier alpha value is -4.78. The van der Waals surface area contributed by atoms with E-state index in [2.05, 4.69) is 21.4 Å². The minimum absolute atomic E-state index is 0.172. The molecule has 3 aromatic carbocycles. The van der Waals surface area contributed by atoms with Crippen LogP contribution in [0.2, 0.25) is 0 Å². The molecule has 1 aliphatic heterocycles. The average molecular weight is 488 g/mol. The first-order chi connectivity index (χ1) is 18.2. The summed E-state index contributed by atoms with van der Waals surface area (Å²) in [5, 5.41) is 7.95. The van der Waals surface area contributed by atoms with E-state index in [-0.39, 0.29) is 12.0 Å². The molecule has 7 nitrogen and oxygen atoms in total. The zero-order valence-corrected chi connectivity index (χ0v) is 20.3. The Labute approximate surface area is 214 Å². The highest BCUT2D eigenvalue weighted by Gasteiger charge is 2.28. The van der Waals surface area contributed by atoms with Gasteiger partial charge in [-0.2, -0.15) is 5.10 Å². The van der Waals surface area contributed by atoms with Gasteiger partial charge < -0.3 is 10.1 Å². The summed E-state index contributed by atoms with van der Waals surface area (Å²) in [6.07, 6.45) is 5.61. The van der Waals surface area contributed by atoms with Crippen molar-refractivity contribution in [2.24, 2.45) is 0 Å². The van der Waals surface area contributed by atoms with Crippen LogP contribution in [0.25, 0.3) is 28.1 Å². The molecule has 182 valence electrons. The van der Waals surface area contributed by atoms with Gasteiger partial charge in [0.15, 0.2) is 0 Å². The Kier molecular flexibility index (Phi) is 5.94. The predicted octanol–water partition coefficient (Wildman–Crippen LogP) is 5.04. The number of para-hydroxylation sites is 2. The van der Waals surface area contributed by atoms with E-state index in [0.29, 0.717) is 24.2 Å². The van der Waals surface area contributed by atoms with Crippen molar-refractivity contribution in [1.82, 2.24) is 25.1 Å². The molecule has 7 heteroatoms. The first-order valence-electron chi connectivity index (χ1n) is 12.2. The lowest BCUT2D eigenvalue weighted by molar-refractivity contribution is 0.0933. The Morgan fingerprint density at radius 1 is 0.946 bits per heavy atom. The molecule has 0 aliphatic carbocycles. The van der Waals surface area contributed by atoms with Crippen LogP contribution in [0, 0.1) is 6.92 Å². The number of aromatic nitrogens is 4. The second-order valence-corrected chi connectivity index (χ2v) is 9.00. The van der Waals surface area contributed by atoms with Crippen molar-refractivity contribution in [2.45, 2.75) is 19.4 Å². The molecule has 0 radical (unpaired) electrons. The highest BCUT2D eigenvalue weighted by atomic mass is 16.5. The molecule has 0 saturated heterocycles. The summed E-state index contributed by atoms with van der Waals surface area (Å²) in [6.45, 7) is 2.31. The quantitative estimate of drug-likeness (QED) is 0.363. The van der Waals surface area contributed by atoms with E-state index >= 15 is 0 Å². The van der Waals surface area contributed by atoms with Gasteiger partial charge in [0.2, 0.25) is 0 Å². The molecule has 1 unspecified atom stereocenters. The number of amides is 1. The molecule has 1 N–H and O–H groups in total. The number of hydrogen-bond donors (Lipinski definition) is 1. The average Bonchev–Trinajstić information content (AvgIpc) is 3.54. The van der Waals surface area contributed by atoms with E-state index in [1.807, 2.05) is 84.4 Å². The SMILES string of the molecule is Cc1c(C(=O)NCC2Cc3cccc(-c4cncnc4)c3O2)c(-c2ccccc2)nn1-c1ccccc1. The Morgan fingerprint density at radius 3 is 2.43 bits per heavy atom. The minimum Gasteiger partial charge on any atom is -0.487 e. The van der Waals surface area contributed by atoms with Gasteiger partial charge in [-0.3, -0.25) is 4.79 Å². The smallest absolute Gasteiger partial charge is 0.255 e. The maximum absolute atomic E-state index is 13.6. The molecular weight excluding hydrogens is 462 g/mol. The second kappa shape index (κ2) is 9.70. The van der Waals surface area contributed by atoms with Crippen molar-refractivity contribution < 1.29 is 9.53 Å². The number of carbonyl (C=O) groups is 1. The fourth-order valence-electron chi connectivity index (χ4n) is 4.81. The number of hydrogen-bond acceptors (Lipinski definition) is 5. The Morgan fingerprint density at radius 2 is 1.68 bits per heavy atom. The number of nitrogens with one attached hydrogen (secondary N) is 1. The Balaban J connectivity index is 1.25. The van der Waals surface area contributed by atoms with Crippen LogP contribution in [0.4, 0.5) is 0 Å². The van der Waals surface area contributed by atoms with E-state index in [0.717, 1.165) is 39.4 Å². The molecule has 1 aliphatic rings. The highest BCUT2D eigenvalue weighted by molar-refractivity contribution is 6.01. The van der Waals surface area contributed by atoms with Crippen LogP contribution in [0.3, 0.4) is 0 Å². The van der Waals surface area contributed by atoms with Crippen molar-refractivity contribution >= 4 is 5.91 Å². The monoisotopic (exact) mass is 487 g/mol. The molecule has 0 spiro atoms. The number of carbonyl (C=O) groups excluding carboxylic acids is 1. The predicted molar refractivity (Wildman–Crippen MR) is 142 cm³/mol. The lowest BCUT2D eigenvalue weighted by Gasteiger charge is -2.14. The molecule has 37 heavy (non-hydrogen) atoms. The first kappa shape index (κ1) is 22.7. The molecule has 1 atom stereocenters. The lowest BCUT2D eigenvalue weighted by Crippen LogP contribution is -2.34. The summed E-state index contributed by atoms with van der Waals surface area (Å²) < 4.78 is 8.13. The summed E-state index contributed by atoms with van der Waals surface area (Å²) in [4.78, 5) is 21.9. The van der Waals surface area contributed by atoms with Crippen LogP contribution in [-0.2, 0) is 6.42 Å².